The zero-order valence-electron chi connectivity index (χ0n) is 17.7. The van der Waals surface area contributed by atoms with Crippen molar-refractivity contribution in [1.29, 1.82) is 0 Å². The number of benzene rings is 2. The van der Waals surface area contributed by atoms with Crippen molar-refractivity contribution in [2.24, 2.45) is 0 Å². The van der Waals surface area contributed by atoms with Crippen LogP contribution in [-0.2, 0) is 9.59 Å². The summed E-state index contributed by atoms with van der Waals surface area (Å²) in [6, 6.07) is 9.61. The highest BCUT2D eigenvalue weighted by molar-refractivity contribution is 8.26. The second-order valence-electron chi connectivity index (χ2n) is 6.64. The van der Waals surface area contributed by atoms with E-state index in [0.717, 1.165) is 0 Å². The normalized spacial score (nSPS) is 14.6. The monoisotopic (exact) mass is 474 g/mol. The molecular weight excluding hydrogens is 452 g/mol. The maximum absolute atomic E-state index is 12.9. The highest BCUT2D eigenvalue weighted by Crippen LogP contribution is 2.40. The molecule has 0 radical (unpaired) electrons. The number of phenols is 1. The molecule has 2 aromatic rings. The topological polar surface area (TPSA) is 97.3 Å². The van der Waals surface area contributed by atoms with Crippen LogP contribution in [0.25, 0.3) is 6.08 Å². The highest BCUT2D eigenvalue weighted by atomic mass is 32.2. The average molecular weight is 475 g/mol. The molecule has 3 rings (SSSR count). The zero-order chi connectivity index (χ0) is 23.3. The molecule has 1 heterocycles. The van der Waals surface area contributed by atoms with Gasteiger partial charge in [0.1, 0.15) is 10.1 Å². The predicted octanol–water partition coefficient (Wildman–Crippen LogP) is 3.65. The molecular formula is C22H22N2O6S2. The number of thioether (sulfide) groups is 1. The molecule has 8 nitrogen and oxygen atoms in total. The van der Waals surface area contributed by atoms with Gasteiger partial charge in [0, 0.05) is 18.7 Å². The molecule has 1 aliphatic heterocycles. The number of ether oxygens (including phenoxy) is 3. The van der Waals surface area contributed by atoms with Crippen LogP contribution >= 0.6 is 24.0 Å². The van der Waals surface area contributed by atoms with Crippen molar-refractivity contribution in [2.45, 2.75) is 6.42 Å². The minimum atomic E-state index is -0.272. The van der Waals surface area contributed by atoms with Crippen LogP contribution in [0.2, 0.25) is 0 Å². The van der Waals surface area contributed by atoms with Crippen molar-refractivity contribution in [3.63, 3.8) is 0 Å². The molecule has 10 heteroatoms. The van der Waals surface area contributed by atoms with Gasteiger partial charge in [0.25, 0.3) is 5.91 Å². The number of thiocarbonyl (C=S) groups is 1. The average Bonchev–Trinajstić information content (AvgIpc) is 3.05. The first-order valence-electron chi connectivity index (χ1n) is 9.50. The summed E-state index contributed by atoms with van der Waals surface area (Å²) in [5, 5.41) is 12.0. The summed E-state index contributed by atoms with van der Waals surface area (Å²) in [4.78, 5) is 26.9. The Labute approximate surface area is 195 Å². The molecule has 0 spiro atoms. The van der Waals surface area contributed by atoms with E-state index < -0.39 is 0 Å². The largest absolute Gasteiger partial charge is 0.508 e. The number of amides is 2. The molecule has 1 aliphatic rings. The Bertz CT molecular complexity index is 1040. The van der Waals surface area contributed by atoms with E-state index >= 15 is 0 Å². The summed E-state index contributed by atoms with van der Waals surface area (Å²) in [7, 11) is 4.55. The van der Waals surface area contributed by atoms with Crippen LogP contribution in [0.15, 0.2) is 41.3 Å². The van der Waals surface area contributed by atoms with E-state index in [1.54, 1.807) is 30.3 Å². The molecule has 0 saturated carbocycles. The molecule has 0 bridgehead atoms. The van der Waals surface area contributed by atoms with E-state index in [9.17, 15) is 14.7 Å². The second kappa shape index (κ2) is 10.4. The van der Waals surface area contributed by atoms with Crippen LogP contribution in [-0.4, -0.2) is 54.0 Å². The summed E-state index contributed by atoms with van der Waals surface area (Å²) < 4.78 is 16.4. The van der Waals surface area contributed by atoms with Gasteiger partial charge in [-0.05, 0) is 48.0 Å². The molecule has 2 amide bonds. The van der Waals surface area contributed by atoms with E-state index in [1.165, 1.54) is 50.1 Å². The van der Waals surface area contributed by atoms with Gasteiger partial charge >= 0.3 is 0 Å². The minimum Gasteiger partial charge on any atom is -0.508 e. The summed E-state index contributed by atoms with van der Waals surface area (Å²) in [5.74, 6) is 0.974. The zero-order valence-corrected chi connectivity index (χ0v) is 19.3. The number of methoxy groups -OCH3 is 3. The molecule has 0 aromatic heterocycles. The van der Waals surface area contributed by atoms with Crippen LogP contribution in [0.5, 0.6) is 23.0 Å². The predicted molar refractivity (Wildman–Crippen MR) is 127 cm³/mol. The fourth-order valence-electron chi connectivity index (χ4n) is 3.01. The summed E-state index contributed by atoms with van der Waals surface area (Å²) in [6.07, 6.45) is 1.77. The molecule has 1 fully saturated rings. The number of nitrogens with zero attached hydrogens (tertiary/aromatic N) is 1. The molecule has 168 valence electrons. The van der Waals surface area contributed by atoms with Gasteiger partial charge in [0.05, 0.1) is 26.2 Å². The van der Waals surface area contributed by atoms with Gasteiger partial charge in [-0.25, -0.2) is 0 Å². The number of aromatic hydroxyl groups is 1. The second-order valence-corrected chi connectivity index (χ2v) is 8.31. The van der Waals surface area contributed by atoms with Crippen molar-refractivity contribution in [1.82, 2.24) is 4.90 Å². The fraction of sp³-hybridized carbons (Fsp3) is 0.227. The summed E-state index contributed by atoms with van der Waals surface area (Å²) in [6.45, 7) is 0.154. The molecule has 2 N–H and O–H groups in total. The van der Waals surface area contributed by atoms with Crippen LogP contribution in [0.3, 0.4) is 0 Å². The van der Waals surface area contributed by atoms with Gasteiger partial charge < -0.3 is 24.6 Å². The summed E-state index contributed by atoms with van der Waals surface area (Å²) in [5.41, 5.74) is 1.24. The van der Waals surface area contributed by atoms with Crippen molar-refractivity contribution in [2.75, 3.05) is 33.2 Å². The molecule has 0 unspecified atom stereocenters. The number of nitrogens with one attached hydrogen (secondary N) is 1. The Hall–Kier alpha value is -3.24. The van der Waals surface area contributed by atoms with Crippen LogP contribution in [0, 0.1) is 0 Å². The third-order valence-electron chi connectivity index (χ3n) is 4.57. The number of rotatable bonds is 8. The van der Waals surface area contributed by atoms with Gasteiger partial charge in [-0.15, -0.1) is 0 Å². The first-order valence-corrected chi connectivity index (χ1v) is 10.7. The van der Waals surface area contributed by atoms with Gasteiger partial charge in [-0.2, -0.15) is 0 Å². The Morgan fingerprint density at radius 2 is 1.75 bits per heavy atom. The van der Waals surface area contributed by atoms with E-state index in [0.29, 0.717) is 37.7 Å². The van der Waals surface area contributed by atoms with Crippen LogP contribution in [0.4, 0.5) is 5.69 Å². The standard InChI is InChI=1S/C22H22N2O6S2/c1-28-16-10-13(11-17(29-2)20(16)30-3)12-18-21(27)24(22(31)32-18)9-8-19(26)23-14-4-6-15(25)7-5-14/h4-7,10-12,25H,8-9H2,1-3H3,(H,23,26). The molecule has 0 aliphatic carbocycles. The van der Waals surface area contributed by atoms with Crippen molar-refractivity contribution >= 4 is 51.9 Å². The van der Waals surface area contributed by atoms with Gasteiger partial charge in [-0.3, -0.25) is 14.5 Å². The van der Waals surface area contributed by atoms with E-state index in [-0.39, 0.29) is 30.5 Å². The number of phenolic OH excluding ortho intramolecular Hbond substituents is 1. The first-order chi connectivity index (χ1) is 15.4. The van der Waals surface area contributed by atoms with Gasteiger partial charge in [0.15, 0.2) is 11.5 Å². The summed E-state index contributed by atoms with van der Waals surface area (Å²) >= 11 is 6.51. The number of hydrogen-bond acceptors (Lipinski definition) is 8. The third-order valence-corrected chi connectivity index (χ3v) is 5.95. The number of carbonyl (C=O) groups is 2. The van der Waals surface area contributed by atoms with E-state index in [4.69, 9.17) is 26.4 Å². The molecule has 32 heavy (non-hydrogen) atoms. The first kappa shape index (κ1) is 23.4. The number of hydrogen-bond donors (Lipinski definition) is 2. The van der Waals surface area contributed by atoms with Crippen LogP contribution in [0.1, 0.15) is 12.0 Å². The number of carbonyl (C=O) groups excluding carboxylic acids is 2. The van der Waals surface area contributed by atoms with Crippen molar-refractivity contribution in [3.05, 3.63) is 46.9 Å². The lowest BCUT2D eigenvalue weighted by Gasteiger charge is -2.14. The highest BCUT2D eigenvalue weighted by Gasteiger charge is 2.32. The van der Waals surface area contributed by atoms with Gasteiger partial charge in [0.2, 0.25) is 11.7 Å². The lowest BCUT2D eigenvalue weighted by molar-refractivity contribution is -0.122. The Morgan fingerprint density at radius 3 is 2.31 bits per heavy atom. The van der Waals surface area contributed by atoms with Crippen molar-refractivity contribution in [3.8, 4) is 23.0 Å². The Morgan fingerprint density at radius 1 is 1.12 bits per heavy atom. The van der Waals surface area contributed by atoms with E-state index in [2.05, 4.69) is 5.32 Å². The van der Waals surface area contributed by atoms with Crippen LogP contribution < -0.4 is 19.5 Å². The maximum atomic E-state index is 12.9. The molecule has 1 saturated heterocycles. The Kier molecular flexibility index (Phi) is 7.60. The fourth-order valence-corrected chi connectivity index (χ4v) is 4.32. The Balaban J connectivity index is 1.69. The lowest BCUT2D eigenvalue weighted by Crippen LogP contribution is -2.31. The molecule has 2 aromatic carbocycles. The minimum absolute atomic E-state index is 0.0742. The SMILES string of the molecule is COc1cc(C=C2SC(=S)N(CCC(=O)Nc3ccc(O)cc3)C2=O)cc(OC)c1OC. The number of anilines is 1. The van der Waals surface area contributed by atoms with Gasteiger partial charge in [-0.1, -0.05) is 24.0 Å². The smallest absolute Gasteiger partial charge is 0.266 e. The van der Waals surface area contributed by atoms with Crippen molar-refractivity contribution < 1.29 is 28.9 Å². The lowest BCUT2D eigenvalue weighted by atomic mass is 10.1. The quantitative estimate of drug-likeness (QED) is 0.340. The molecule has 0 atom stereocenters. The third kappa shape index (κ3) is 5.32. The van der Waals surface area contributed by atoms with E-state index in [1.807, 2.05) is 0 Å². The maximum Gasteiger partial charge on any atom is 0.266 e.